The largest absolute Gasteiger partial charge is 0.492 e. The maximum atomic E-state index is 13.6. The van der Waals surface area contributed by atoms with Gasteiger partial charge in [-0.2, -0.15) is 0 Å². The normalized spacial score (nSPS) is 15.7. The number of unbranched alkanes of at least 4 members (excludes halogenated alkanes) is 2. The van der Waals surface area contributed by atoms with Gasteiger partial charge < -0.3 is 19.9 Å². The van der Waals surface area contributed by atoms with E-state index in [9.17, 15) is 13.6 Å². The summed E-state index contributed by atoms with van der Waals surface area (Å²) in [6.45, 7) is 18.2. The van der Waals surface area contributed by atoms with Crippen molar-refractivity contribution in [3.8, 4) is 5.75 Å². The summed E-state index contributed by atoms with van der Waals surface area (Å²) in [5.41, 5.74) is 4.59. The van der Waals surface area contributed by atoms with Crippen molar-refractivity contribution in [2.45, 2.75) is 90.4 Å². The molecule has 1 aliphatic rings. The Morgan fingerprint density at radius 1 is 0.878 bits per heavy atom. The molecule has 3 aromatic carbocycles. The monoisotopic (exact) mass is 675 g/mol. The number of nitrogens with one attached hydrogen (secondary N) is 1. The second-order valence-corrected chi connectivity index (χ2v) is 16.2. The molecular weight excluding hydrogens is 616 g/mol. The number of benzene rings is 3. The molecule has 7 heteroatoms. The van der Waals surface area contributed by atoms with Crippen molar-refractivity contribution < 1.29 is 18.3 Å². The summed E-state index contributed by atoms with van der Waals surface area (Å²) in [6, 6.07) is 17.5. The number of likely N-dealkylation sites (tertiary alicyclic amines) is 1. The van der Waals surface area contributed by atoms with Crippen molar-refractivity contribution >= 4 is 5.91 Å². The van der Waals surface area contributed by atoms with Crippen molar-refractivity contribution in [2.24, 2.45) is 5.92 Å². The molecule has 0 saturated carbocycles. The van der Waals surface area contributed by atoms with Gasteiger partial charge in [0, 0.05) is 42.2 Å². The molecule has 1 fully saturated rings. The van der Waals surface area contributed by atoms with Crippen LogP contribution in [0.5, 0.6) is 5.75 Å². The first kappa shape index (κ1) is 38.5. The van der Waals surface area contributed by atoms with Crippen molar-refractivity contribution in [1.29, 1.82) is 0 Å². The van der Waals surface area contributed by atoms with Gasteiger partial charge in [-0.25, -0.2) is 8.78 Å². The first-order valence-corrected chi connectivity index (χ1v) is 18.1. The number of likely N-dealkylation sites (N-methyl/N-ethyl adjacent to an activating group) is 1. The van der Waals surface area contributed by atoms with Crippen LogP contribution in [0.25, 0.3) is 0 Å². The van der Waals surface area contributed by atoms with E-state index in [1.54, 1.807) is 0 Å². The molecule has 1 unspecified atom stereocenters. The number of halogens is 2. The molecular formula is C42H59F2N3O2. The van der Waals surface area contributed by atoms with E-state index in [-0.39, 0.29) is 34.3 Å². The molecule has 1 N–H and O–H groups in total. The lowest BCUT2D eigenvalue weighted by Crippen LogP contribution is -2.32. The lowest BCUT2D eigenvalue weighted by molar-refractivity contribution is 0.0947. The molecule has 1 atom stereocenters. The summed E-state index contributed by atoms with van der Waals surface area (Å²) in [5, 5.41) is 3.26. The quantitative estimate of drug-likeness (QED) is 0.164. The van der Waals surface area contributed by atoms with E-state index in [4.69, 9.17) is 4.74 Å². The van der Waals surface area contributed by atoms with E-state index in [1.165, 1.54) is 24.3 Å². The minimum Gasteiger partial charge on any atom is -0.492 e. The van der Waals surface area contributed by atoms with Gasteiger partial charge in [0.2, 0.25) is 0 Å². The van der Waals surface area contributed by atoms with Crippen LogP contribution in [0.3, 0.4) is 0 Å². The fraction of sp³-hybridized carbons (Fsp3) is 0.548. The zero-order valence-electron chi connectivity index (χ0n) is 31.2. The van der Waals surface area contributed by atoms with E-state index in [0.717, 1.165) is 86.3 Å². The molecule has 49 heavy (non-hydrogen) atoms. The van der Waals surface area contributed by atoms with Crippen LogP contribution in [0.15, 0.2) is 60.7 Å². The maximum Gasteiger partial charge on any atom is 0.251 e. The minimum atomic E-state index is -0.246. The molecule has 1 heterocycles. The Morgan fingerprint density at radius 2 is 1.43 bits per heavy atom. The number of carbonyl (C=O) groups excluding carboxylic acids is 1. The van der Waals surface area contributed by atoms with E-state index in [2.05, 4.69) is 56.7 Å². The van der Waals surface area contributed by atoms with Gasteiger partial charge in [0.15, 0.2) is 0 Å². The van der Waals surface area contributed by atoms with Crippen LogP contribution in [0.1, 0.15) is 112 Å². The Balaban J connectivity index is 1.28. The topological polar surface area (TPSA) is 44.8 Å². The zero-order chi connectivity index (χ0) is 35.8. The standard InChI is InChI=1S/C42H59F2N3O2/c1-41(2,3)37-26-33(27-38(42(4,5)6)39(37)49-25-24-46(7)8)40(48)45-28-30-21-23-47(29-30)22-11-9-10-12-36(31-13-17-34(43)18-14-31)32-15-19-35(44)20-16-32/h13-20,26-27,30,36H,9-12,21-25,28-29H2,1-8H3,(H,45,48). The molecule has 268 valence electrons. The summed E-state index contributed by atoms with van der Waals surface area (Å²) < 4.78 is 33.6. The molecule has 3 aromatic rings. The van der Waals surface area contributed by atoms with Gasteiger partial charge in [-0.05, 0) is 111 Å². The highest BCUT2D eigenvalue weighted by molar-refractivity contribution is 5.95. The molecule has 1 saturated heterocycles. The highest BCUT2D eigenvalue weighted by atomic mass is 19.1. The van der Waals surface area contributed by atoms with Crippen molar-refractivity contribution in [3.05, 3.63) is 100 Å². The molecule has 0 aliphatic carbocycles. The fourth-order valence-electron chi connectivity index (χ4n) is 6.76. The Hall–Kier alpha value is -3.29. The number of carbonyl (C=O) groups is 1. The third-order valence-corrected chi connectivity index (χ3v) is 9.69. The first-order chi connectivity index (χ1) is 23.1. The number of hydrogen-bond donors (Lipinski definition) is 1. The van der Waals surface area contributed by atoms with Gasteiger partial charge in [-0.3, -0.25) is 4.79 Å². The Morgan fingerprint density at radius 3 is 1.94 bits per heavy atom. The lowest BCUT2D eigenvalue weighted by Gasteiger charge is -2.31. The number of ether oxygens (including phenoxy) is 1. The summed E-state index contributed by atoms with van der Waals surface area (Å²) in [5.74, 6) is 0.946. The van der Waals surface area contributed by atoms with Crippen molar-refractivity contribution in [2.75, 3.05) is 53.4 Å². The van der Waals surface area contributed by atoms with Gasteiger partial charge in [0.25, 0.3) is 5.91 Å². The van der Waals surface area contributed by atoms with Crippen LogP contribution >= 0.6 is 0 Å². The number of rotatable bonds is 15. The van der Waals surface area contributed by atoms with E-state index < -0.39 is 0 Å². The van der Waals surface area contributed by atoms with Crippen LogP contribution in [0.2, 0.25) is 0 Å². The zero-order valence-corrected chi connectivity index (χ0v) is 31.2. The highest BCUT2D eigenvalue weighted by Gasteiger charge is 2.30. The summed E-state index contributed by atoms with van der Waals surface area (Å²) in [4.78, 5) is 18.2. The van der Waals surface area contributed by atoms with Crippen LogP contribution in [0, 0.1) is 17.6 Å². The van der Waals surface area contributed by atoms with Gasteiger partial charge in [-0.1, -0.05) is 78.6 Å². The van der Waals surface area contributed by atoms with Crippen molar-refractivity contribution in [3.63, 3.8) is 0 Å². The summed E-state index contributed by atoms with van der Waals surface area (Å²) >= 11 is 0. The van der Waals surface area contributed by atoms with Gasteiger partial charge in [0.1, 0.15) is 24.0 Å². The smallest absolute Gasteiger partial charge is 0.251 e. The second-order valence-electron chi connectivity index (χ2n) is 16.2. The summed E-state index contributed by atoms with van der Waals surface area (Å²) in [7, 11) is 4.09. The Bertz CT molecular complexity index is 1410. The average molecular weight is 676 g/mol. The van der Waals surface area contributed by atoms with Crippen molar-refractivity contribution in [1.82, 2.24) is 15.1 Å². The molecule has 0 spiro atoms. The predicted octanol–water partition coefficient (Wildman–Crippen LogP) is 8.94. The van der Waals surface area contributed by atoms with E-state index in [1.807, 2.05) is 50.5 Å². The van der Waals surface area contributed by atoms with Gasteiger partial charge >= 0.3 is 0 Å². The number of amides is 1. The second kappa shape index (κ2) is 17.1. The van der Waals surface area contributed by atoms with Crippen LogP contribution in [-0.2, 0) is 10.8 Å². The van der Waals surface area contributed by atoms with Crippen LogP contribution in [0.4, 0.5) is 8.78 Å². The maximum absolute atomic E-state index is 13.6. The van der Waals surface area contributed by atoms with E-state index >= 15 is 0 Å². The third-order valence-electron chi connectivity index (χ3n) is 9.69. The number of nitrogens with zero attached hydrogens (tertiary/aromatic N) is 2. The number of hydrogen-bond acceptors (Lipinski definition) is 4. The SMILES string of the molecule is CN(C)CCOc1c(C(C)(C)C)cc(C(=O)NCC2CCN(CCCCCC(c3ccc(F)cc3)c3ccc(F)cc3)C2)cc1C(C)(C)C. The molecule has 1 aliphatic heterocycles. The van der Waals surface area contributed by atoms with Gasteiger partial charge in [-0.15, -0.1) is 0 Å². The molecule has 0 aromatic heterocycles. The van der Waals surface area contributed by atoms with Crippen LogP contribution < -0.4 is 10.1 Å². The fourth-order valence-corrected chi connectivity index (χ4v) is 6.76. The first-order valence-electron chi connectivity index (χ1n) is 18.1. The predicted molar refractivity (Wildman–Crippen MR) is 198 cm³/mol. The minimum absolute atomic E-state index is 0.0221. The molecule has 1 amide bonds. The highest BCUT2D eigenvalue weighted by Crippen LogP contribution is 2.41. The van der Waals surface area contributed by atoms with Crippen LogP contribution in [-0.4, -0.2) is 69.1 Å². The molecule has 0 bridgehead atoms. The summed E-state index contributed by atoms with van der Waals surface area (Å²) in [6.07, 6.45) is 5.25. The Labute approximate surface area is 294 Å². The molecule has 4 rings (SSSR count). The third kappa shape index (κ3) is 11.4. The Kier molecular flexibility index (Phi) is 13.4. The van der Waals surface area contributed by atoms with E-state index in [0.29, 0.717) is 24.6 Å². The lowest BCUT2D eigenvalue weighted by atomic mass is 9.78. The molecule has 5 nitrogen and oxygen atoms in total. The molecule has 0 radical (unpaired) electrons. The van der Waals surface area contributed by atoms with Gasteiger partial charge in [0.05, 0.1) is 0 Å². The average Bonchev–Trinajstić information content (AvgIpc) is 3.49.